The van der Waals surface area contributed by atoms with Crippen LogP contribution in [0.5, 0.6) is 0 Å². The minimum absolute atomic E-state index is 0.113. The normalized spacial score (nSPS) is 11.0. The molecule has 2 aromatic heterocycles. The topological polar surface area (TPSA) is 38.9 Å². The van der Waals surface area contributed by atoms with Gasteiger partial charge in [0.05, 0.1) is 15.5 Å². The number of aromatic nitrogens is 2. The van der Waals surface area contributed by atoms with Crippen molar-refractivity contribution in [1.29, 1.82) is 0 Å². The zero-order valence-electron chi connectivity index (χ0n) is 12.8. The maximum Gasteiger partial charge on any atom is 0.301 e. The van der Waals surface area contributed by atoms with E-state index in [2.05, 4.69) is 10.1 Å². The molecule has 0 amide bonds. The van der Waals surface area contributed by atoms with Gasteiger partial charge < -0.3 is 4.52 Å². The number of thiazole rings is 1. The van der Waals surface area contributed by atoms with E-state index in [4.69, 9.17) is 16.1 Å². The average molecular weight is 421 g/mol. The molecule has 0 aliphatic carbocycles. The summed E-state index contributed by atoms with van der Waals surface area (Å²) in [6.07, 6.45) is -1.14. The highest BCUT2D eigenvalue weighted by atomic mass is 35.5. The van der Waals surface area contributed by atoms with Crippen LogP contribution in [0.2, 0.25) is 5.02 Å². The molecule has 0 N–H and O–H groups in total. The van der Waals surface area contributed by atoms with Crippen LogP contribution in [0.1, 0.15) is 6.42 Å². The van der Waals surface area contributed by atoms with Gasteiger partial charge in [-0.2, -0.15) is 8.78 Å². The Morgan fingerprint density at radius 2 is 2.08 bits per heavy atom. The number of nitrogens with zero attached hydrogens (tertiary/aromatic N) is 2. The first-order valence-electron chi connectivity index (χ1n) is 7.15. The van der Waals surface area contributed by atoms with Gasteiger partial charge in [-0.05, 0) is 12.1 Å². The molecule has 0 unspecified atom stereocenters. The minimum Gasteiger partial charge on any atom is -0.355 e. The van der Waals surface area contributed by atoms with Crippen LogP contribution in [0.3, 0.4) is 0 Å². The van der Waals surface area contributed by atoms with E-state index in [1.165, 1.54) is 41.8 Å². The van der Waals surface area contributed by atoms with Crippen molar-refractivity contribution in [1.82, 2.24) is 10.1 Å². The maximum atomic E-state index is 13.9. The molecule has 136 valence electrons. The van der Waals surface area contributed by atoms with Crippen LogP contribution >= 0.6 is 34.7 Å². The van der Waals surface area contributed by atoms with Crippen molar-refractivity contribution >= 4 is 34.7 Å². The van der Waals surface area contributed by atoms with Crippen LogP contribution in [-0.4, -0.2) is 15.9 Å². The average Bonchev–Trinajstić information content (AvgIpc) is 3.24. The Bertz CT molecular complexity index is 933. The summed E-state index contributed by atoms with van der Waals surface area (Å²) in [6.45, 7) is 0. The molecule has 0 aliphatic heterocycles. The van der Waals surface area contributed by atoms with Gasteiger partial charge in [0, 0.05) is 24.4 Å². The summed E-state index contributed by atoms with van der Waals surface area (Å²) in [5, 5.41) is 4.08. The second kappa shape index (κ2) is 8.24. The Kier molecular flexibility index (Phi) is 6.00. The molecular formula is C16H9ClF4N2OS2. The van der Waals surface area contributed by atoms with Crippen LogP contribution in [0.15, 0.2) is 51.2 Å². The Hall–Kier alpha value is -1.84. The zero-order chi connectivity index (χ0) is 18.7. The van der Waals surface area contributed by atoms with E-state index < -0.39 is 17.7 Å². The number of thioether (sulfide) groups is 1. The van der Waals surface area contributed by atoms with Crippen molar-refractivity contribution in [3.63, 3.8) is 0 Å². The van der Waals surface area contributed by atoms with E-state index in [-0.39, 0.29) is 28.5 Å². The van der Waals surface area contributed by atoms with E-state index >= 15 is 0 Å². The Labute approximate surface area is 158 Å². The predicted octanol–water partition coefficient (Wildman–Crippen LogP) is 6.82. The second-order valence-electron chi connectivity index (χ2n) is 4.93. The largest absolute Gasteiger partial charge is 0.355 e. The van der Waals surface area contributed by atoms with Crippen LogP contribution in [-0.2, 0) is 0 Å². The lowest BCUT2D eigenvalue weighted by Gasteiger charge is -1.99. The highest BCUT2D eigenvalue weighted by Crippen LogP contribution is 2.36. The number of hydrogen-bond acceptors (Lipinski definition) is 5. The van der Waals surface area contributed by atoms with Crippen molar-refractivity contribution in [2.24, 2.45) is 0 Å². The molecule has 3 aromatic rings. The van der Waals surface area contributed by atoms with Gasteiger partial charge in [-0.3, -0.25) is 0 Å². The van der Waals surface area contributed by atoms with Crippen LogP contribution in [0, 0.1) is 5.82 Å². The molecule has 3 rings (SSSR count). The highest BCUT2D eigenvalue weighted by molar-refractivity contribution is 8.01. The van der Waals surface area contributed by atoms with Crippen molar-refractivity contribution in [3.8, 4) is 21.9 Å². The fourth-order valence-electron chi connectivity index (χ4n) is 2.01. The van der Waals surface area contributed by atoms with Gasteiger partial charge in [-0.1, -0.05) is 34.6 Å². The standard InChI is InChI=1S/C16H9ClF4N2OS2/c17-8-2-1-3-9(18)14(8)12-6-11(23-24-12)13-7-22-16(26-13)25-5-4-10(19)15(20)21/h1-3,6-7H,4-5H2. The van der Waals surface area contributed by atoms with Gasteiger partial charge in [-0.15, -0.1) is 11.3 Å². The second-order valence-corrected chi connectivity index (χ2v) is 7.71. The molecule has 1 aromatic carbocycles. The van der Waals surface area contributed by atoms with Gasteiger partial charge in [0.25, 0.3) is 0 Å². The van der Waals surface area contributed by atoms with Gasteiger partial charge in [0.2, 0.25) is 0 Å². The minimum atomic E-state index is -2.30. The third-order valence-electron chi connectivity index (χ3n) is 3.21. The molecule has 10 heteroatoms. The molecule has 2 heterocycles. The molecule has 0 aliphatic rings. The van der Waals surface area contributed by atoms with Crippen LogP contribution in [0.4, 0.5) is 17.6 Å². The third kappa shape index (κ3) is 4.28. The fraction of sp³-hybridized carbons (Fsp3) is 0.125. The summed E-state index contributed by atoms with van der Waals surface area (Å²) in [7, 11) is 0. The van der Waals surface area contributed by atoms with Gasteiger partial charge in [0.15, 0.2) is 11.6 Å². The molecule has 26 heavy (non-hydrogen) atoms. The van der Waals surface area contributed by atoms with Crippen molar-refractivity contribution in [3.05, 3.63) is 53.2 Å². The number of hydrogen-bond donors (Lipinski definition) is 0. The third-order valence-corrected chi connectivity index (χ3v) is 5.70. The van der Waals surface area contributed by atoms with E-state index in [0.717, 1.165) is 11.8 Å². The lowest BCUT2D eigenvalue weighted by molar-refractivity contribution is 0.373. The lowest BCUT2D eigenvalue weighted by atomic mass is 10.1. The molecule has 0 bridgehead atoms. The fourth-order valence-corrected chi connectivity index (χ4v) is 4.20. The zero-order valence-corrected chi connectivity index (χ0v) is 15.2. The highest BCUT2D eigenvalue weighted by Gasteiger charge is 2.17. The molecule has 0 saturated heterocycles. The van der Waals surface area contributed by atoms with Gasteiger partial charge in [-0.25, -0.2) is 13.8 Å². The summed E-state index contributed by atoms with van der Waals surface area (Å²) in [5.74, 6) is -1.64. The Morgan fingerprint density at radius 3 is 2.81 bits per heavy atom. The summed E-state index contributed by atoms with van der Waals surface area (Å²) >= 11 is 8.39. The van der Waals surface area contributed by atoms with E-state index in [1.54, 1.807) is 0 Å². The lowest BCUT2D eigenvalue weighted by Crippen LogP contribution is -1.82. The number of rotatable bonds is 6. The molecule has 0 radical (unpaired) electrons. The molecular weight excluding hydrogens is 412 g/mol. The summed E-state index contributed by atoms with van der Waals surface area (Å²) in [5.41, 5.74) is 0.548. The molecule has 0 atom stereocenters. The quantitative estimate of drug-likeness (QED) is 0.324. The van der Waals surface area contributed by atoms with E-state index in [0.29, 0.717) is 14.9 Å². The number of allylic oxidation sites excluding steroid dienone is 1. The van der Waals surface area contributed by atoms with E-state index in [9.17, 15) is 17.6 Å². The first-order valence-corrected chi connectivity index (χ1v) is 9.33. The van der Waals surface area contributed by atoms with Crippen LogP contribution < -0.4 is 0 Å². The van der Waals surface area contributed by atoms with Crippen LogP contribution in [0.25, 0.3) is 21.9 Å². The smallest absolute Gasteiger partial charge is 0.301 e. The summed E-state index contributed by atoms with van der Waals surface area (Å²) in [6, 6.07) is 5.82. The van der Waals surface area contributed by atoms with Gasteiger partial charge >= 0.3 is 6.08 Å². The Balaban J connectivity index is 1.73. The predicted molar refractivity (Wildman–Crippen MR) is 93.7 cm³/mol. The van der Waals surface area contributed by atoms with E-state index in [1.807, 2.05) is 0 Å². The molecule has 0 spiro atoms. The summed E-state index contributed by atoms with van der Waals surface area (Å²) in [4.78, 5) is 4.77. The van der Waals surface area contributed by atoms with Gasteiger partial charge in [0.1, 0.15) is 15.9 Å². The molecule has 3 nitrogen and oxygen atoms in total. The molecule has 0 saturated carbocycles. The van der Waals surface area contributed by atoms with Crippen molar-refractivity contribution in [2.75, 3.05) is 5.75 Å². The summed E-state index contributed by atoms with van der Waals surface area (Å²) < 4.78 is 56.5. The Morgan fingerprint density at radius 1 is 1.27 bits per heavy atom. The maximum absolute atomic E-state index is 13.9. The number of benzene rings is 1. The SMILES string of the molecule is FC(F)=C(F)CCSc1ncc(-c2cc(-c3c(F)cccc3Cl)on2)s1. The molecule has 0 fully saturated rings. The number of halogens is 5. The first kappa shape index (κ1) is 18.9. The first-order chi connectivity index (χ1) is 12.5. The van der Waals surface area contributed by atoms with Crippen molar-refractivity contribution < 1.29 is 22.1 Å². The monoisotopic (exact) mass is 420 g/mol. The van der Waals surface area contributed by atoms with Crippen molar-refractivity contribution in [2.45, 2.75) is 10.8 Å².